The number of carbonyl (C=O) groups is 1. The standard InChI is InChI=1S/C19H27N7O/c1-3-15-18(27)24(2)16-10-21-19(25-11-13(8-9-20)22-12-25)23-17(16)26(15)14-6-4-5-7-14/h10-12,14-15H,3-9,20H2,1-2H3. The van der Waals surface area contributed by atoms with Crippen LogP contribution in [0, 0.1) is 0 Å². The first-order valence-electron chi connectivity index (χ1n) is 9.80. The van der Waals surface area contributed by atoms with Crippen molar-refractivity contribution in [3.63, 3.8) is 0 Å². The lowest BCUT2D eigenvalue weighted by Gasteiger charge is -2.43. The number of likely N-dealkylation sites (N-methyl/N-ethyl adjacent to an activating group) is 1. The highest BCUT2D eigenvalue weighted by Crippen LogP contribution is 2.39. The maximum absolute atomic E-state index is 12.9. The van der Waals surface area contributed by atoms with Crippen molar-refractivity contribution in [1.82, 2.24) is 19.5 Å². The topological polar surface area (TPSA) is 93.2 Å². The number of carbonyl (C=O) groups excluding carboxylic acids is 1. The van der Waals surface area contributed by atoms with Crippen molar-refractivity contribution in [3.05, 3.63) is 24.4 Å². The molecule has 2 aromatic rings. The second-order valence-corrected chi connectivity index (χ2v) is 7.36. The molecule has 3 heterocycles. The van der Waals surface area contributed by atoms with Gasteiger partial charge >= 0.3 is 0 Å². The van der Waals surface area contributed by atoms with E-state index >= 15 is 0 Å². The van der Waals surface area contributed by atoms with E-state index < -0.39 is 0 Å². The van der Waals surface area contributed by atoms with E-state index in [2.05, 4.69) is 21.8 Å². The molecule has 0 saturated heterocycles. The first-order valence-corrected chi connectivity index (χ1v) is 9.80. The molecular weight excluding hydrogens is 342 g/mol. The second kappa shape index (κ2) is 7.26. The minimum Gasteiger partial charge on any atom is -0.340 e. The van der Waals surface area contributed by atoms with Crippen molar-refractivity contribution in [2.24, 2.45) is 5.73 Å². The number of rotatable bonds is 5. The lowest BCUT2D eigenvalue weighted by Crippen LogP contribution is -2.55. The van der Waals surface area contributed by atoms with E-state index in [0.717, 1.165) is 42.9 Å². The Hall–Kier alpha value is -2.48. The Morgan fingerprint density at radius 3 is 2.74 bits per heavy atom. The molecule has 2 N–H and O–H groups in total. The van der Waals surface area contributed by atoms with Gasteiger partial charge in [0.05, 0.1) is 11.9 Å². The van der Waals surface area contributed by atoms with E-state index in [1.807, 2.05) is 17.8 Å². The number of hydrogen-bond acceptors (Lipinski definition) is 6. The molecular formula is C19H27N7O. The summed E-state index contributed by atoms with van der Waals surface area (Å²) in [6.45, 7) is 2.63. The first kappa shape index (κ1) is 17.9. The van der Waals surface area contributed by atoms with Crippen LogP contribution in [0.15, 0.2) is 18.7 Å². The summed E-state index contributed by atoms with van der Waals surface area (Å²) in [5, 5.41) is 0. The molecule has 0 spiro atoms. The largest absolute Gasteiger partial charge is 0.340 e. The minimum atomic E-state index is -0.163. The van der Waals surface area contributed by atoms with Gasteiger partial charge in [-0.2, -0.15) is 4.98 Å². The zero-order valence-corrected chi connectivity index (χ0v) is 16.0. The van der Waals surface area contributed by atoms with E-state index in [9.17, 15) is 4.79 Å². The summed E-state index contributed by atoms with van der Waals surface area (Å²) >= 11 is 0. The molecule has 27 heavy (non-hydrogen) atoms. The van der Waals surface area contributed by atoms with E-state index in [4.69, 9.17) is 10.7 Å². The van der Waals surface area contributed by atoms with Gasteiger partial charge < -0.3 is 15.5 Å². The highest BCUT2D eigenvalue weighted by Gasteiger charge is 2.41. The molecule has 8 nitrogen and oxygen atoms in total. The fraction of sp³-hybridized carbons (Fsp3) is 0.579. The molecule has 0 radical (unpaired) electrons. The first-order chi connectivity index (χ1) is 13.1. The molecule has 1 fully saturated rings. The molecule has 4 rings (SSSR count). The predicted molar refractivity (Wildman–Crippen MR) is 104 cm³/mol. The van der Waals surface area contributed by atoms with Crippen molar-refractivity contribution in [3.8, 4) is 5.95 Å². The van der Waals surface area contributed by atoms with Gasteiger partial charge in [-0.25, -0.2) is 9.97 Å². The molecule has 1 atom stereocenters. The summed E-state index contributed by atoms with van der Waals surface area (Å²) in [6, 6.07) is 0.202. The lowest BCUT2D eigenvalue weighted by atomic mass is 10.0. The van der Waals surface area contributed by atoms with Crippen LogP contribution >= 0.6 is 0 Å². The van der Waals surface area contributed by atoms with Crippen molar-refractivity contribution in [2.45, 2.75) is 57.5 Å². The van der Waals surface area contributed by atoms with E-state index in [-0.39, 0.29) is 11.9 Å². The van der Waals surface area contributed by atoms with Crippen LogP contribution in [0.3, 0.4) is 0 Å². The Morgan fingerprint density at radius 2 is 2.04 bits per heavy atom. The van der Waals surface area contributed by atoms with Gasteiger partial charge in [0, 0.05) is 25.7 Å². The molecule has 1 unspecified atom stereocenters. The third kappa shape index (κ3) is 3.07. The number of anilines is 2. The van der Waals surface area contributed by atoms with Gasteiger partial charge in [0.2, 0.25) is 11.9 Å². The number of nitrogens with two attached hydrogens (primary N) is 1. The van der Waals surface area contributed by atoms with Crippen LogP contribution in [-0.2, 0) is 11.2 Å². The summed E-state index contributed by atoms with van der Waals surface area (Å²) in [4.78, 5) is 30.6. The minimum absolute atomic E-state index is 0.126. The van der Waals surface area contributed by atoms with Gasteiger partial charge in [0.1, 0.15) is 18.1 Å². The average molecular weight is 369 g/mol. The monoisotopic (exact) mass is 369 g/mol. The van der Waals surface area contributed by atoms with Gasteiger partial charge in [0.15, 0.2) is 5.82 Å². The number of fused-ring (bicyclic) bond motifs is 1. The molecule has 1 saturated carbocycles. The number of amides is 1. The Kier molecular flexibility index (Phi) is 4.82. The predicted octanol–water partition coefficient (Wildman–Crippen LogP) is 1.67. The van der Waals surface area contributed by atoms with Gasteiger partial charge in [-0.05, 0) is 25.8 Å². The molecule has 2 aromatic heterocycles. The zero-order chi connectivity index (χ0) is 19.0. The summed E-state index contributed by atoms with van der Waals surface area (Å²) < 4.78 is 1.83. The third-order valence-electron chi connectivity index (χ3n) is 5.67. The van der Waals surface area contributed by atoms with Gasteiger partial charge in [-0.3, -0.25) is 9.36 Å². The fourth-order valence-corrected chi connectivity index (χ4v) is 4.25. The van der Waals surface area contributed by atoms with Crippen LogP contribution in [0.2, 0.25) is 0 Å². The van der Waals surface area contributed by atoms with Crippen molar-refractivity contribution in [2.75, 3.05) is 23.4 Å². The van der Waals surface area contributed by atoms with Crippen LogP contribution in [0.1, 0.15) is 44.7 Å². The number of nitrogens with zero attached hydrogens (tertiary/aromatic N) is 6. The summed E-state index contributed by atoms with van der Waals surface area (Å²) in [6.07, 6.45) is 11.5. The van der Waals surface area contributed by atoms with E-state index in [1.165, 1.54) is 12.8 Å². The molecule has 0 bridgehead atoms. The Bertz CT molecular complexity index is 827. The van der Waals surface area contributed by atoms with Crippen molar-refractivity contribution >= 4 is 17.4 Å². The van der Waals surface area contributed by atoms with Gasteiger partial charge in [-0.15, -0.1) is 0 Å². The van der Waals surface area contributed by atoms with Crippen LogP contribution in [0.4, 0.5) is 11.5 Å². The highest BCUT2D eigenvalue weighted by molar-refractivity contribution is 6.04. The molecule has 2 aliphatic rings. The zero-order valence-electron chi connectivity index (χ0n) is 16.0. The number of hydrogen-bond donors (Lipinski definition) is 1. The summed E-state index contributed by atoms with van der Waals surface area (Å²) in [5.74, 6) is 1.56. The SMILES string of the molecule is CCC1C(=O)N(C)c2cnc(-n3cnc(CCN)c3)nc2N1C1CCCC1. The van der Waals surface area contributed by atoms with Gasteiger partial charge in [-0.1, -0.05) is 19.8 Å². The maximum Gasteiger partial charge on any atom is 0.249 e. The Balaban J connectivity index is 1.78. The molecule has 1 aliphatic carbocycles. The molecule has 144 valence electrons. The Labute approximate surface area is 159 Å². The van der Waals surface area contributed by atoms with E-state index in [1.54, 1.807) is 17.4 Å². The normalized spacial score (nSPS) is 20.4. The number of aromatic nitrogens is 4. The van der Waals surface area contributed by atoms with Crippen LogP contribution in [-0.4, -0.2) is 51.1 Å². The molecule has 8 heteroatoms. The molecule has 1 aliphatic heterocycles. The Morgan fingerprint density at radius 1 is 1.26 bits per heavy atom. The van der Waals surface area contributed by atoms with Gasteiger partial charge in [0.25, 0.3) is 0 Å². The smallest absolute Gasteiger partial charge is 0.249 e. The van der Waals surface area contributed by atoms with Crippen LogP contribution in [0.5, 0.6) is 0 Å². The quantitative estimate of drug-likeness (QED) is 0.862. The number of imidazole rings is 1. The summed E-state index contributed by atoms with van der Waals surface area (Å²) in [5.41, 5.74) is 7.32. The van der Waals surface area contributed by atoms with E-state index in [0.29, 0.717) is 18.5 Å². The van der Waals surface area contributed by atoms with Crippen molar-refractivity contribution < 1.29 is 4.79 Å². The average Bonchev–Trinajstić information content (AvgIpc) is 3.36. The second-order valence-electron chi connectivity index (χ2n) is 7.36. The third-order valence-corrected chi connectivity index (χ3v) is 5.67. The molecule has 0 aromatic carbocycles. The lowest BCUT2D eigenvalue weighted by molar-refractivity contribution is -0.120. The summed E-state index contributed by atoms with van der Waals surface area (Å²) in [7, 11) is 1.81. The van der Waals surface area contributed by atoms with Crippen LogP contribution in [0.25, 0.3) is 5.95 Å². The fourth-order valence-electron chi connectivity index (χ4n) is 4.25. The maximum atomic E-state index is 12.9. The highest BCUT2D eigenvalue weighted by atomic mass is 16.2. The van der Waals surface area contributed by atoms with Crippen molar-refractivity contribution in [1.29, 1.82) is 0 Å². The molecule has 1 amide bonds. The van der Waals surface area contributed by atoms with Crippen LogP contribution < -0.4 is 15.5 Å².